The van der Waals surface area contributed by atoms with Gasteiger partial charge in [0.25, 0.3) is 0 Å². The smallest absolute Gasteiger partial charge is 0.485 e. The molecule has 2 aromatic rings. The van der Waals surface area contributed by atoms with Gasteiger partial charge in [-0.15, -0.1) is 0 Å². The largest absolute Gasteiger partial charge is 0.741 e. The average molecular weight is 602 g/mol. The Hall–Kier alpha value is -3.30. The van der Waals surface area contributed by atoms with Gasteiger partial charge >= 0.3 is 23.0 Å². The molecule has 0 spiro atoms. The first kappa shape index (κ1) is 36.9. The van der Waals surface area contributed by atoms with Crippen LogP contribution in [0.2, 0.25) is 0 Å². The highest BCUT2D eigenvalue weighted by atomic mass is 32.2. The fourth-order valence-electron chi connectivity index (χ4n) is 1.66. The second-order valence-corrected chi connectivity index (χ2v) is 9.15. The summed E-state index contributed by atoms with van der Waals surface area (Å²) in [6, 6.07) is 16.6. The Balaban J connectivity index is 0. The highest BCUT2D eigenvalue weighted by Gasteiger charge is 2.37. The molecule has 0 saturated carbocycles. The van der Waals surface area contributed by atoms with Crippen LogP contribution in [-0.2, 0) is 29.8 Å². The minimum absolute atomic E-state index is 0.656. The summed E-state index contributed by atoms with van der Waals surface area (Å²) in [7, 11) is -12.2. The fraction of sp³-hybridized carbons (Fsp3) is 0.222. The van der Waals surface area contributed by atoms with Gasteiger partial charge in [-0.1, -0.05) is 60.7 Å². The molecule has 38 heavy (non-hydrogen) atoms. The first-order chi connectivity index (χ1) is 16.9. The first-order valence-corrected chi connectivity index (χ1v) is 12.0. The number of quaternary nitrogens is 2. The lowest BCUT2D eigenvalue weighted by molar-refractivity contribution is -0.413. The van der Waals surface area contributed by atoms with E-state index in [0.29, 0.717) is 0 Å². The van der Waals surface area contributed by atoms with E-state index in [9.17, 15) is 35.9 Å². The lowest BCUT2D eigenvalue weighted by Crippen LogP contribution is -2.57. The molecule has 0 aliphatic rings. The van der Waals surface area contributed by atoms with Crippen LogP contribution in [0.5, 0.6) is 0 Å². The van der Waals surface area contributed by atoms with Crippen molar-refractivity contribution in [2.45, 2.75) is 23.1 Å². The summed E-state index contributed by atoms with van der Waals surface area (Å²) < 4.78 is 118. The van der Waals surface area contributed by atoms with E-state index in [1.165, 1.54) is 0 Å². The topological polar surface area (TPSA) is 244 Å². The summed E-state index contributed by atoms with van der Waals surface area (Å²) in [6.45, 7) is 0. The number of aliphatic carboxylic acids is 2. The molecule has 216 valence electrons. The van der Waals surface area contributed by atoms with Crippen molar-refractivity contribution in [3.05, 3.63) is 71.8 Å². The minimum Gasteiger partial charge on any atom is -0.741 e. The average Bonchev–Trinajstić information content (AvgIpc) is 2.77. The number of hydrogen-bond acceptors (Lipinski definition) is 8. The lowest BCUT2D eigenvalue weighted by Gasteiger charge is -2.08. The van der Waals surface area contributed by atoms with Gasteiger partial charge in [0.05, 0.1) is 0 Å². The summed E-state index contributed by atoms with van der Waals surface area (Å²) in [5, 5.41) is 17.1. The molecule has 2 aromatic carbocycles. The molecule has 0 unspecified atom stereocenters. The molecular weight excluding hydrogens is 582 g/mol. The Kier molecular flexibility index (Phi) is 14.7. The summed E-state index contributed by atoms with van der Waals surface area (Å²) in [4.78, 5) is 20.9. The monoisotopic (exact) mass is 602 g/mol. The van der Waals surface area contributed by atoms with E-state index >= 15 is 0 Å². The predicted octanol–water partition coefficient (Wildman–Crippen LogP) is 0.211. The molecule has 2 atom stereocenters. The van der Waals surface area contributed by atoms with Crippen LogP contribution in [0.3, 0.4) is 0 Å². The quantitative estimate of drug-likeness (QED) is 0.210. The third-order valence-corrected chi connectivity index (χ3v) is 4.70. The fourth-order valence-corrected chi connectivity index (χ4v) is 1.66. The van der Waals surface area contributed by atoms with Gasteiger partial charge in [-0.3, -0.25) is 0 Å². The highest BCUT2D eigenvalue weighted by Crippen LogP contribution is 2.21. The van der Waals surface area contributed by atoms with Gasteiger partial charge in [-0.05, 0) is 0 Å². The summed E-state index contributed by atoms with van der Waals surface area (Å²) in [5.41, 5.74) is -2.80. The van der Waals surface area contributed by atoms with Crippen molar-refractivity contribution < 1.29 is 83.6 Å². The van der Waals surface area contributed by atoms with E-state index in [0.717, 1.165) is 11.1 Å². The van der Waals surface area contributed by atoms with Crippen LogP contribution in [0.25, 0.3) is 0 Å². The molecule has 0 amide bonds. The van der Waals surface area contributed by atoms with Crippen molar-refractivity contribution in [1.29, 1.82) is 0 Å². The zero-order valence-electron chi connectivity index (χ0n) is 18.6. The Labute approximate surface area is 211 Å². The number of carbonyl (C=O) groups is 2. The van der Waals surface area contributed by atoms with Crippen LogP contribution in [0.1, 0.15) is 23.2 Å². The molecule has 0 heterocycles. The first-order valence-electron chi connectivity index (χ1n) is 9.19. The van der Waals surface area contributed by atoms with Crippen LogP contribution in [0.15, 0.2) is 60.7 Å². The van der Waals surface area contributed by atoms with E-state index in [2.05, 4.69) is 11.5 Å². The molecule has 12 nitrogen and oxygen atoms in total. The molecule has 0 saturated heterocycles. The summed E-state index contributed by atoms with van der Waals surface area (Å²) in [5.74, 6) is -1.78. The number of benzene rings is 2. The van der Waals surface area contributed by atoms with Gasteiger partial charge in [0.1, 0.15) is 0 Å². The SMILES string of the molecule is O=S(=O)([O-])C(F)(F)F.O=S(=O)([O-])C(F)(F)F.[NH3+][C@@H](C(=O)O)c1ccccc1.[NH3+][C@H](C(=O)O)c1ccccc1. The third kappa shape index (κ3) is 15.1. The molecule has 2 rings (SSSR count). The van der Waals surface area contributed by atoms with Gasteiger partial charge in [-0.25, -0.2) is 26.4 Å². The van der Waals surface area contributed by atoms with Crippen molar-refractivity contribution in [3.8, 4) is 0 Å². The molecule has 0 bridgehead atoms. The van der Waals surface area contributed by atoms with Gasteiger partial charge in [0.15, 0.2) is 20.2 Å². The number of carboxylic acids is 2. The maximum absolute atomic E-state index is 10.7. The van der Waals surface area contributed by atoms with Gasteiger partial charge in [-0.2, -0.15) is 26.3 Å². The predicted molar refractivity (Wildman–Crippen MR) is 111 cm³/mol. The van der Waals surface area contributed by atoms with Crippen molar-refractivity contribution >= 4 is 32.2 Å². The third-order valence-electron chi connectivity index (χ3n) is 3.57. The minimum atomic E-state index is -6.09. The van der Waals surface area contributed by atoms with Crippen LogP contribution in [0.4, 0.5) is 26.3 Å². The summed E-state index contributed by atoms with van der Waals surface area (Å²) >= 11 is 0. The molecule has 0 aliphatic heterocycles. The Bertz CT molecular complexity index is 1130. The zero-order valence-corrected chi connectivity index (χ0v) is 20.2. The van der Waals surface area contributed by atoms with Crippen molar-refractivity contribution in [3.63, 3.8) is 0 Å². The van der Waals surface area contributed by atoms with Crippen LogP contribution < -0.4 is 11.5 Å². The lowest BCUT2D eigenvalue weighted by atomic mass is 10.1. The van der Waals surface area contributed by atoms with Gasteiger partial charge < -0.3 is 30.8 Å². The molecule has 20 heteroatoms. The van der Waals surface area contributed by atoms with Crippen LogP contribution >= 0.6 is 0 Å². The van der Waals surface area contributed by atoms with E-state index < -0.39 is 55.3 Å². The van der Waals surface area contributed by atoms with Crippen molar-refractivity contribution in [1.82, 2.24) is 0 Å². The maximum Gasteiger partial charge on any atom is 0.485 e. The van der Waals surface area contributed by atoms with Crippen LogP contribution in [0, 0.1) is 0 Å². The highest BCUT2D eigenvalue weighted by molar-refractivity contribution is 7.86. The number of hydrogen-bond donors (Lipinski definition) is 4. The molecule has 8 N–H and O–H groups in total. The van der Waals surface area contributed by atoms with E-state index in [1.54, 1.807) is 48.5 Å². The molecule has 0 aromatic heterocycles. The van der Waals surface area contributed by atoms with Crippen molar-refractivity contribution in [2.75, 3.05) is 0 Å². The number of carboxylic acid groups (broad SMARTS) is 2. The number of rotatable bonds is 4. The Morgan fingerprint density at radius 2 is 0.816 bits per heavy atom. The zero-order chi connectivity index (χ0) is 30.5. The van der Waals surface area contributed by atoms with E-state index in [4.69, 9.17) is 36.2 Å². The summed E-state index contributed by atoms with van der Waals surface area (Å²) in [6.07, 6.45) is 0. The standard InChI is InChI=1S/2C8H9NO2.2CHF3O3S/c2*9-7(8(10)11)6-4-2-1-3-5-6;2*2-1(3,4)8(5,6)7/h2*1-5,7H,9H2,(H,10,11);2*(H,5,6,7)/t2*7-;;/m10../s1. The second kappa shape index (κ2) is 15.2. The van der Waals surface area contributed by atoms with Crippen LogP contribution in [-0.4, -0.2) is 59.1 Å². The number of alkyl halides is 6. The van der Waals surface area contributed by atoms with Gasteiger partial charge in [0.2, 0.25) is 12.1 Å². The molecule has 0 aliphatic carbocycles. The number of halogens is 6. The molecule has 0 fully saturated rings. The normalized spacial score (nSPS) is 13.1. The van der Waals surface area contributed by atoms with E-state index in [-0.39, 0.29) is 0 Å². The van der Waals surface area contributed by atoms with Crippen molar-refractivity contribution in [2.24, 2.45) is 0 Å². The Morgan fingerprint density at radius 1 is 0.632 bits per heavy atom. The van der Waals surface area contributed by atoms with Gasteiger partial charge in [0, 0.05) is 11.1 Å². The Morgan fingerprint density at radius 3 is 0.947 bits per heavy atom. The van der Waals surface area contributed by atoms with E-state index in [1.807, 2.05) is 12.1 Å². The molecular formula is C18H20F6N2O10S2. The molecule has 0 radical (unpaired) electrons. The maximum atomic E-state index is 10.7. The second-order valence-electron chi connectivity index (χ2n) is 6.40.